The standard InChI is InChI=1S/C10H15NO4/c1-2-7-14-9(12)4-3-5-10(13)15-8-6-11/h2-5,7-8H2,1H3. The zero-order chi connectivity index (χ0) is 11.5. The van der Waals surface area contributed by atoms with Crippen LogP contribution in [0.3, 0.4) is 0 Å². The Kier molecular flexibility index (Phi) is 8.06. The largest absolute Gasteiger partial charge is 0.466 e. The molecule has 0 unspecified atom stereocenters. The van der Waals surface area contributed by atoms with Crippen molar-refractivity contribution in [3.05, 3.63) is 0 Å². The maximum Gasteiger partial charge on any atom is 0.306 e. The molecule has 0 aromatic rings. The highest BCUT2D eigenvalue weighted by Crippen LogP contribution is 2.00. The second-order valence-electron chi connectivity index (χ2n) is 2.89. The number of hydrogen-bond acceptors (Lipinski definition) is 5. The molecule has 0 aliphatic rings. The first kappa shape index (κ1) is 13.4. The lowest BCUT2D eigenvalue weighted by molar-refractivity contribution is -0.144. The fourth-order valence-corrected chi connectivity index (χ4v) is 0.850. The molecule has 0 aromatic heterocycles. The zero-order valence-electron chi connectivity index (χ0n) is 8.82. The van der Waals surface area contributed by atoms with Crippen LogP contribution >= 0.6 is 0 Å². The van der Waals surface area contributed by atoms with Crippen LogP contribution in [0.25, 0.3) is 0 Å². The van der Waals surface area contributed by atoms with Crippen LogP contribution in [0.4, 0.5) is 0 Å². The molecular weight excluding hydrogens is 198 g/mol. The van der Waals surface area contributed by atoms with E-state index < -0.39 is 5.97 Å². The summed E-state index contributed by atoms with van der Waals surface area (Å²) >= 11 is 0. The molecule has 0 bridgehead atoms. The molecule has 0 aliphatic carbocycles. The molecule has 5 heteroatoms. The quantitative estimate of drug-likeness (QED) is 0.593. The summed E-state index contributed by atoms with van der Waals surface area (Å²) in [6, 6.07) is 1.69. The lowest BCUT2D eigenvalue weighted by Crippen LogP contribution is -2.08. The average molecular weight is 213 g/mol. The van der Waals surface area contributed by atoms with E-state index in [0.29, 0.717) is 13.0 Å². The molecule has 0 aliphatic heterocycles. The molecule has 0 fully saturated rings. The number of nitrogens with zero attached hydrogens (tertiary/aromatic N) is 1. The topological polar surface area (TPSA) is 76.4 Å². The van der Waals surface area contributed by atoms with E-state index in [1.807, 2.05) is 6.92 Å². The van der Waals surface area contributed by atoms with Crippen LogP contribution in [0, 0.1) is 11.3 Å². The summed E-state index contributed by atoms with van der Waals surface area (Å²) in [6.45, 7) is 2.09. The van der Waals surface area contributed by atoms with Crippen molar-refractivity contribution in [2.75, 3.05) is 13.2 Å². The van der Waals surface area contributed by atoms with Gasteiger partial charge in [0, 0.05) is 12.8 Å². The Labute approximate surface area is 89.0 Å². The van der Waals surface area contributed by atoms with Crippen LogP contribution < -0.4 is 0 Å². The fourth-order valence-electron chi connectivity index (χ4n) is 0.850. The van der Waals surface area contributed by atoms with E-state index in [-0.39, 0.29) is 25.4 Å². The summed E-state index contributed by atoms with van der Waals surface area (Å²) in [5.41, 5.74) is 0. The normalized spacial score (nSPS) is 9.07. The smallest absolute Gasteiger partial charge is 0.306 e. The molecule has 0 saturated carbocycles. The Bertz CT molecular complexity index is 244. The molecule has 0 heterocycles. The number of ether oxygens (including phenoxy) is 2. The molecular formula is C10H15NO4. The second-order valence-corrected chi connectivity index (χ2v) is 2.89. The molecule has 0 amide bonds. The third-order valence-electron chi connectivity index (χ3n) is 1.53. The minimum absolute atomic E-state index is 0.142. The lowest BCUT2D eigenvalue weighted by atomic mass is 10.2. The van der Waals surface area contributed by atoms with E-state index >= 15 is 0 Å². The molecule has 0 spiro atoms. The summed E-state index contributed by atoms with van der Waals surface area (Å²) in [7, 11) is 0. The Morgan fingerprint density at radius 2 is 1.80 bits per heavy atom. The lowest BCUT2D eigenvalue weighted by Gasteiger charge is -2.02. The predicted octanol–water partition coefficient (Wildman–Crippen LogP) is 1.18. The minimum Gasteiger partial charge on any atom is -0.466 e. The van der Waals surface area contributed by atoms with Crippen molar-refractivity contribution >= 4 is 11.9 Å². The molecule has 0 aromatic carbocycles. The molecule has 0 saturated heterocycles. The maximum absolute atomic E-state index is 11.0. The van der Waals surface area contributed by atoms with E-state index in [1.165, 1.54) is 0 Å². The van der Waals surface area contributed by atoms with E-state index in [0.717, 1.165) is 6.42 Å². The van der Waals surface area contributed by atoms with Gasteiger partial charge >= 0.3 is 11.9 Å². The van der Waals surface area contributed by atoms with Crippen molar-refractivity contribution in [3.8, 4) is 6.07 Å². The molecule has 5 nitrogen and oxygen atoms in total. The number of nitriles is 1. The van der Waals surface area contributed by atoms with Gasteiger partial charge in [0.25, 0.3) is 0 Å². The average Bonchev–Trinajstić information content (AvgIpc) is 2.23. The van der Waals surface area contributed by atoms with Crippen LogP contribution in [0.15, 0.2) is 0 Å². The maximum atomic E-state index is 11.0. The Balaban J connectivity index is 3.40. The molecule has 0 atom stereocenters. The van der Waals surface area contributed by atoms with Crippen LogP contribution in [0.2, 0.25) is 0 Å². The number of carbonyl (C=O) groups excluding carboxylic acids is 2. The third-order valence-corrected chi connectivity index (χ3v) is 1.53. The zero-order valence-corrected chi connectivity index (χ0v) is 8.82. The summed E-state index contributed by atoms with van der Waals surface area (Å²) in [5.74, 6) is -0.759. The highest BCUT2D eigenvalue weighted by atomic mass is 16.5. The van der Waals surface area contributed by atoms with Gasteiger partial charge in [-0.25, -0.2) is 0 Å². The summed E-state index contributed by atoms with van der Waals surface area (Å²) in [5, 5.41) is 8.12. The van der Waals surface area contributed by atoms with Crippen LogP contribution in [-0.2, 0) is 19.1 Å². The van der Waals surface area contributed by atoms with E-state index in [1.54, 1.807) is 6.07 Å². The molecule has 0 radical (unpaired) electrons. The number of rotatable bonds is 7. The van der Waals surface area contributed by atoms with Crippen LogP contribution in [-0.4, -0.2) is 25.2 Å². The van der Waals surface area contributed by atoms with Crippen LogP contribution in [0.1, 0.15) is 32.6 Å². The van der Waals surface area contributed by atoms with Crippen molar-refractivity contribution in [1.82, 2.24) is 0 Å². The Hall–Kier alpha value is -1.57. The molecule has 15 heavy (non-hydrogen) atoms. The van der Waals surface area contributed by atoms with Crippen LogP contribution in [0.5, 0.6) is 0 Å². The van der Waals surface area contributed by atoms with Gasteiger partial charge in [-0.1, -0.05) is 6.92 Å². The monoisotopic (exact) mass is 213 g/mol. The first-order valence-electron chi connectivity index (χ1n) is 4.89. The van der Waals surface area contributed by atoms with Gasteiger partial charge in [0.15, 0.2) is 6.61 Å². The SMILES string of the molecule is CCCOC(=O)CCCC(=O)OCC#N. The number of hydrogen-bond donors (Lipinski definition) is 0. The molecule has 0 N–H and O–H groups in total. The minimum atomic E-state index is -0.458. The summed E-state index contributed by atoms with van der Waals surface area (Å²) < 4.78 is 9.31. The van der Waals surface area contributed by atoms with Crippen molar-refractivity contribution in [2.24, 2.45) is 0 Å². The van der Waals surface area contributed by atoms with Gasteiger partial charge in [0.2, 0.25) is 0 Å². The van der Waals surface area contributed by atoms with Gasteiger partial charge in [-0.3, -0.25) is 9.59 Å². The third kappa shape index (κ3) is 8.75. The Morgan fingerprint density at radius 1 is 1.20 bits per heavy atom. The van der Waals surface area contributed by atoms with Gasteiger partial charge in [0.05, 0.1) is 6.61 Å². The highest BCUT2D eigenvalue weighted by molar-refractivity contribution is 5.72. The fraction of sp³-hybridized carbons (Fsp3) is 0.700. The van der Waals surface area contributed by atoms with Gasteiger partial charge in [0.1, 0.15) is 6.07 Å². The van der Waals surface area contributed by atoms with E-state index in [2.05, 4.69) is 4.74 Å². The van der Waals surface area contributed by atoms with Crippen molar-refractivity contribution in [2.45, 2.75) is 32.6 Å². The van der Waals surface area contributed by atoms with Crippen molar-refractivity contribution < 1.29 is 19.1 Å². The molecule has 0 rings (SSSR count). The summed E-state index contributed by atoms with van der Waals surface area (Å²) in [4.78, 5) is 21.8. The first-order chi connectivity index (χ1) is 7.20. The summed E-state index contributed by atoms with van der Waals surface area (Å²) in [6.07, 6.45) is 1.54. The van der Waals surface area contributed by atoms with E-state index in [4.69, 9.17) is 10.00 Å². The van der Waals surface area contributed by atoms with Crippen molar-refractivity contribution in [1.29, 1.82) is 5.26 Å². The number of carbonyl (C=O) groups is 2. The van der Waals surface area contributed by atoms with Gasteiger partial charge in [-0.2, -0.15) is 5.26 Å². The predicted molar refractivity (Wildman–Crippen MR) is 51.7 cm³/mol. The number of esters is 2. The Morgan fingerprint density at radius 3 is 2.33 bits per heavy atom. The van der Waals surface area contributed by atoms with Gasteiger partial charge in [-0.15, -0.1) is 0 Å². The van der Waals surface area contributed by atoms with Crippen molar-refractivity contribution in [3.63, 3.8) is 0 Å². The first-order valence-corrected chi connectivity index (χ1v) is 4.89. The van der Waals surface area contributed by atoms with Gasteiger partial charge < -0.3 is 9.47 Å². The highest BCUT2D eigenvalue weighted by Gasteiger charge is 2.06. The van der Waals surface area contributed by atoms with Gasteiger partial charge in [-0.05, 0) is 12.8 Å². The van der Waals surface area contributed by atoms with E-state index in [9.17, 15) is 9.59 Å². The molecule has 84 valence electrons. The second kappa shape index (κ2) is 9.00.